The molecule has 19 heavy (non-hydrogen) atoms. The Morgan fingerprint density at radius 2 is 2.11 bits per heavy atom. The van der Waals surface area contributed by atoms with Crippen molar-refractivity contribution in [3.8, 4) is 0 Å². The Hall–Kier alpha value is -0.130. The first-order chi connectivity index (χ1) is 9.13. The number of nitrogens with zero attached hydrogens (tertiary/aromatic N) is 1. The number of rotatable bonds is 9. The molecule has 2 atom stereocenters. The summed E-state index contributed by atoms with van der Waals surface area (Å²) in [6.07, 6.45) is 3.17. The van der Waals surface area contributed by atoms with Gasteiger partial charge in [-0.1, -0.05) is 31.9 Å². The Bertz CT molecular complexity index is 359. The molecule has 0 spiro atoms. The maximum Gasteiger partial charge on any atom is 0.0931 e. The van der Waals surface area contributed by atoms with E-state index in [0.717, 1.165) is 30.1 Å². The third-order valence-corrected chi connectivity index (χ3v) is 4.64. The molecule has 0 aliphatic heterocycles. The van der Waals surface area contributed by atoms with Crippen LogP contribution < -0.4 is 5.73 Å². The lowest BCUT2D eigenvalue weighted by Gasteiger charge is -2.34. The first-order valence-electron chi connectivity index (χ1n) is 6.99. The molecule has 0 bridgehead atoms. The van der Waals surface area contributed by atoms with Crippen molar-refractivity contribution < 1.29 is 5.11 Å². The van der Waals surface area contributed by atoms with Crippen molar-refractivity contribution in [3.05, 3.63) is 21.3 Å². The van der Waals surface area contributed by atoms with Gasteiger partial charge in [0, 0.05) is 17.5 Å². The van der Waals surface area contributed by atoms with Crippen molar-refractivity contribution in [2.24, 2.45) is 5.73 Å². The average Bonchev–Trinajstić information content (AvgIpc) is 2.82. The zero-order valence-corrected chi connectivity index (χ0v) is 13.4. The Labute approximate surface area is 125 Å². The van der Waals surface area contributed by atoms with Crippen LogP contribution in [0.4, 0.5) is 0 Å². The number of unbranched alkanes of at least 4 members (excludes halogenated alkanes) is 1. The number of aliphatic hydroxyl groups excluding tert-OH is 1. The lowest BCUT2D eigenvalue weighted by atomic mass is 10.0. The average molecular weight is 305 g/mol. The SMILES string of the molecule is CCCCN(CCO)C(c1ccc(Cl)s1)C(N)CC. The Morgan fingerprint density at radius 1 is 1.37 bits per heavy atom. The summed E-state index contributed by atoms with van der Waals surface area (Å²) in [7, 11) is 0. The Kier molecular flexibility index (Phi) is 7.95. The van der Waals surface area contributed by atoms with Crippen molar-refractivity contribution in [1.82, 2.24) is 4.90 Å². The van der Waals surface area contributed by atoms with Gasteiger partial charge in [-0.15, -0.1) is 11.3 Å². The van der Waals surface area contributed by atoms with E-state index in [0.29, 0.717) is 6.54 Å². The number of hydrogen-bond acceptors (Lipinski definition) is 4. The first-order valence-corrected chi connectivity index (χ1v) is 8.19. The van der Waals surface area contributed by atoms with Crippen LogP contribution in [0.5, 0.6) is 0 Å². The van der Waals surface area contributed by atoms with E-state index in [1.165, 1.54) is 4.88 Å². The molecule has 0 fully saturated rings. The van der Waals surface area contributed by atoms with Gasteiger partial charge in [-0.2, -0.15) is 0 Å². The van der Waals surface area contributed by atoms with Crippen LogP contribution in [-0.4, -0.2) is 35.7 Å². The molecule has 0 radical (unpaired) electrons. The van der Waals surface area contributed by atoms with Gasteiger partial charge in [-0.3, -0.25) is 4.90 Å². The monoisotopic (exact) mass is 304 g/mol. The normalized spacial score (nSPS) is 14.8. The quantitative estimate of drug-likeness (QED) is 0.736. The molecule has 0 saturated heterocycles. The predicted octanol–water partition coefficient (Wildman–Crippen LogP) is 3.27. The molecular weight excluding hydrogens is 280 g/mol. The summed E-state index contributed by atoms with van der Waals surface area (Å²) in [5, 5.41) is 9.29. The largest absolute Gasteiger partial charge is 0.395 e. The zero-order chi connectivity index (χ0) is 14.3. The maximum atomic E-state index is 9.29. The molecule has 1 aromatic rings. The highest BCUT2D eigenvalue weighted by Gasteiger charge is 2.26. The maximum absolute atomic E-state index is 9.29. The van der Waals surface area contributed by atoms with E-state index in [-0.39, 0.29) is 18.7 Å². The van der Waals surface area contributed by atoms with Crippen molar-refractivity contribution in [2.75, 3.05) is 19.7 Å². The fourth-order valence-electron chi connectivity index (χ4n) is 2.25. The predicted molar refractivity (Wildman–Crippen MR) is 83.9 cm³/mol. The van der Waals surface area contributed by atoms with E-state index in [4.69, 9.17) is 17.3 Å². The third kappa shape index (κ3) is 5.04. The summed E-state index contributed by atoms with van der Waals surface area (Å²) in [6, 6.07) is 4.21. The van der Waals surface area contributed by atoms with Crippen LogP contribution in [-0.2, 0) is 0 Å². The van der Waals surface area contributed by atoms with Gasteiger partial charge in [0.15, 0.2) is 0 Å². The molecule has 0 amide bonds. The summed E-state index contributed by atoms with van der Waals surface area (Å²) >= 11 is 7.64. The van der Waals surface area contributed by atoms with Crippen LogP contribution in [0, 0.1) is 0 Å². The van der Waals surface area contributed by atoms with Crippen molar-refractivity contribution in [2.45, 2.75) is 45.2 Å². The van der Waals surface area contributed by atoms with Crippen molar-refractivity contribution >= 4 is 22.9 Å². The van der Waals surface area contributed by atoms with Gasteiger partial charge in [0.1, 0.15) is 0 Å². The second kappa shape index (κ2) is 8.93. The molecule has 0 aliphatic carbocycles. The lowest BCUT2D eigenvalue weighted by Crippen LogP contribution is -2.42. The van der Waals surface area contributed by atoms with Gasteiger partial charge >= 0.3 is 0 Å². The topological polar surface area (TPSA) is 49.5 Å². The van der Waals surface area contributed by atoms with E-state index in [9.17, 15) is 5.11 Å². The summed E-state index contributed by atoms with van der Waals surface area (Å²) < 4.78 is 0.794. The van der Waals surface area contributed by atoms with Crippen molar-refractivity contribution in [1.29, 1.82) is 0 Å². The zero-order valence-electron chi connectivity index (χ0n) is 11.8. The van der Waals surface area contributed by atoms with Crippen LogP contribution in [0.15, 0.2) is 12.1 Å². The molecule has 1 rings (SSSR count). The Balaban J connectivity index is 2.91. The summed E-state index contributed by atoms with van der Waals surface area (Å²) in [5.41, 5.74) is 6.30. The number of hydrogen-bond donors (Lipinski definition) is 2. The van der Waals surface area contributed by atoms with E-state index in [2.05, 4.69) is 24.8 Å². The van der Waals surface area contributed by atoms with Gasteiger partial charge < -0.3 is 10.8 Å². The Morgan fingerprint density at radius 3 is 2.58 bits per heavy atom. The lowest BCUT2D eigenvalue weighted by molar-refractivity contribution is 0.132. The molecule has 3 N–H and O–H groups in total. The van der Waals surface area contributed by atoms with Gasteiger partial charge in [-0.25, -0.2) is 0 Å². The van der Waals surface area contributed by atoms with Crippen LogP contribution in [0.2, 0.25) is 4.34 Å². The van der Waals surface area contributed by atoms with Gasteiger partial charge in [0.05, 0.1) is 17.0 Å². The van der Waals surface area contributed by atoms with Crippen molar-refractivity contribution in [3.63, 3.8) is 0 Å². The van der Waals surface area contributed by atoms with Crippen LogP contribution in [0.1, 0.15) is 44.0 Å². The molecule has 110 valence electrons. The smallest absolute Gasteiger partial charge is 0.0931 e. The number of thiophene rings is 1. The highest BCUT2D eigenvalue weighted by molar-refractivity contribution is 7.16. The molecule has 1 heterocycles. The van der Waals surface area contributed by atoms with E-state index in [1.807, 2.05) is 6.07 Å². The number of halogens is 1. The third-order valence-electron chi connectivity index (χ3n) is 3.34. The van der Waals surface area contributed by atoms with Gasteiger partial charge in [0.2, 0.25) is 0 Å². The minimum Gasteiger partial charge on any atom is -0.395 e. The minimum absolute atomic E-state index is 0.0677. The fourth-order valence-corrected chi connectivity index (χ4v) is 3.52. The summed E-state index contributed by atoms with van der Waals surface area (Å²) in [5.74, 6) is 0. The second-order valence-corrected chi connectivity index (χ2v) is 6.52. The molecule has 1 aromatic heterocycles. The highest BCUT2D eigenvalue weighted by atomic mass is 35.5. The molecule has 0 aromatic carbocycles. The number of aliphatic hydroxyl groups is 1. The van der Waals surface area contributed by atoms with Crippen LogP contribution in [0.3, 0.4) is 0 Å². The molecular formula is C14H25ClN2OS. The minimum atomic E-state index is 0.0677. The fraction of sp³-hybridized carbons (Fsp3) is 0.714. The first kappa shape index (κ1) is 16.9. The van der Waals surface area contributed by atoms with Crippen LogP contribution >= 0.6 is 22.9 Å². The molecule has 0 aliphatic rings. The summed E-state index contributed by atoms with van der Waals surface area (Å²) in [6.45, 7) is 6.06. The number of nitrogens with two attached hydrogens (primary N) is 1. The van der Waals surface area contributed by atoms with Gasteiger partial charge in [-0.05, 0) is 31.5 Å². The second-order valence-electron chi connectivity index (χ2n) is 4.77. The summed E-state index contributed by atoms with van der Waals surface area (Å²) in [4.78, 5) is 3.49. The molecule has 0 saturated carbocycles. The highest BCUT2D eigenvalue weighted by Crippen LogP contribution is 2.33. The molecule has 2 unspecified atom stereocenters. The molecule has 5 heteroatoms. The van der Waals surface area contributed by atoms with Gasteiger partial charge in [0.25, 0.3) is 0 Å². The van der Waals surface area contributed by atoms with E-state index < -0.39 is 0 Å². The molecule has 3 nitrogen and oxygen atoms in total. The van der Waals surface area contributed by atoms with E-state index in [1.54, 1.807) is 11.3 Å². The van der Waals surface area contributed by atoms with Crippen LogP contribution in [0.25, 0.3) is 0 Å². The van der Waals surface area contributed by atoms with E-state index >= 15 is 0 Å². The standard InChI is InChI=1S/C14H25ClN2OS/c1-3-5-8-17(9-10-18)14(11(16)4-2)12-6-7-13(15)19-12/h6-7,11,14,18H,3-5,8-10,16H2,1-2H3.